The fourth-order valence-electron chi connectivity index (χ4n) is 3.20. The third kappa shape index (κ3) is 3.22. The van der Waals surface area contributed by atoms with Crippen molar-refractivity contribution in [2.75, 3.05) is 18.5 Å². The third-order valence-electron chi connectivity index (χ3n) is 4.37. The van der Waals surface area contributed by atoms with Gasteiger partial charge in [0.15, 0.2) is 0 Å². The number of halogens is 2. The fraction of sp³-hybridized carbons (Fsp3) is 0.278. The molecule has 0 aliphatic carbocycles. The van der Waals surface area contributed by atoms with Gasteiger partial charge in [0.1, 0.15) is 11.5 Å². The highest BCUT2D eigenvalue weighted by atomic mass is 35.5. The summed E-state index contributed by atoms with van der Waals surface area (Å²) in [6.07, 6.45) is 1.69. The molecule has 0 bridgehead atoms. The van der Waals surface area contributed by atoms with Crippen molar-refractivity contribution in [3.05, 3.63) is 51.0 Å². The highest BCUT2D eigenvalue weighted by Crippen LogP contribution is 2.40. The van der Waals surface area contributed by atoms with Crippen LogP contribution in [0.3, 0.4) is 0 Å². The van der Waals surface area contributed by atoms with Crippen molar-refractivity contribution in [3.8, 4) is 11.5 Å². The predicted molar refractivity (Wildman–Crippen MR) is 97.2 cm³/mol. The molecule has 0 saturated heterocycles. The maximum absolute atomic E-state index is 12.2. The molecule has 0 fully saturated rings. The molecule has 0 saturated carbocycles. The standard InChI is InChI=1S/C18H16Cl2N2O3/c19-11-1-2-15(14(20)8-11)22-18(23)21-9-13-12-4-6-24-16(12)7-10-3-5-25-17(10)13/h1-2,7-8H,3-6,9H2,(H2,21,22,23). The van der Waals surface area contributed by atoms with Gasteiger partial charge in [0, 0.05) is 41.1 Å². The van der Waals surface area contributed by atoms with Crippen molar-refractivity contribution in [2.24, 2.45) is 0 Å². The summed E-state index contributed by atoms with van der Waals surface area (Å²) >= 11 is 11.9. The molecule has 0 spiro atoms. The molecule has 4 rings (SSSR count). The van der Waals surface area contributed by atoms with Crippen LogP contribution in [0.4, 0.5) is 10.5 Å². The van der Waals surface area contributed by atoms with Crippen LogP contribution in [-0.4, -0.2) is 19.2 Å². The molecular weight excluding hydrogens is 363 g/mol. The zero-order valence-corrected chi connectivity index (χ0v) is 14.8. The molecule has 0 atom stereocenters. The minimum Gasteiger partial charge on any atom is -0.493 e. The summed E-state index contributed by atoms with van der Waals surface area (Å²) in [5, 5.41) is 6.51. The van der Waals surface area contributed by atoms with Crippen LogP contribution in [0.5, 0.6) is 11.5 Å². The maximum atomic E-state index is 12.2. The normalized spacial score (nSPS) is 14.3. The number of carbonyl (C=O) groups excluding carboxylic acids is 1. The Morgan fingerprint density at radius 3 is 2.80 bits per heavy atom. The van der Waals surface area contributed by atoms with Gasteiger partial charge >= 0.3 is 6.03 Å². The van der Waals surface area contributed by atoms with Crippen LogP contribution in [0.25, 0.3) is 0 Å². The Morgan fingerprint density at radius 1 is 1.12 bits per heavy atom. The van der Waals surface area contributed by atoms with E-state index in [0.717, 1.165) is 41.0 Å². The first-order valence-corrected chi connectivity index (χ1v) is 8.80. The number of rotatable bonds is 3. The summed E-state index contributed by atoms with van der Waals surface area (Å²) in [5.74, 6) is 1.79. The number of nitrogens with one attached hydrogen (secondary N) is 2. The minimum absolute atomic E-state index is 0.340. The van der Waals surface area contributed by atoms with E-state index in [1.54, 1.807) is 18.2 Å². The molecule has 2 heterocycles. The van der Waals surface area contributed by atoms with Crippen LogP contribution in [0.1, 0.15) is 16.7 Å². The van der Waals surface area contributed by atoms with Crippen LogP contribution in [0.2, 0.25) is 10.0 Å². The van der Waals surface area contributed by atoms with Crippen LogP contribution in [0, 0.1) is 0 Å². The largest absolute Gasteiger partial charge is 0.493 e. The Hall–Kier alpha value is -2.11. The number of fused-ring (bicyclic) bond motifs is 2. The van der Waals surface area contributed by atoms with Gasteiger partial charge in [-0.25, -0.2) is 4.79 Å². The van der Waals surface area contributed by atoms with Crippen LogP contribution < -0.4 is 20.1 Å². The van der Waals surface area contributed by atoms with Gasteiger partial charge in [-0.15, -0.1) is 0 Å². The molecule has 2 aromatic rings. The fourth-order valence-corrected chi connectivity index (χ4v) is 3.65. The lowest BCUT2D eigenvalue weighted by Gasteiger charge is -2.14. The average Bonchev–Trinajstić information content (AvgIpc) is 3.22. The highest BCUT2D eigenvalue weighted by molar-refractivity contribution is 6.36. The molecule has 0 aromatic heterocycles. The van der Waals surface area contributed by atoms with E-state index in [-0.39, 0.29) is 6.03 Å². The molecule has 5 nitrogen and oxygen atoms in total. The summed E-state index contributed by atoms with van der Waals surface area (Å²) in [7, 11) is 0. The molecule has 2 aliphatic rings. The third-order valence-corrected chi connectivity index (χ3v) is 4.91. The molecule has 2 N–H and O–H groups in total. The lowest BCUT2D eigenvalue weighted by atomic mass is 9.99. The number of hydrogen-bond donors (Lipinski definition) is 2. The van der Waals surface area contributed by atoms with Gasteiger partial charge in [-0.1, -0.05) is 23.2 Å². The zero-order chi connectivity index (χ0) is 17.4. The molecule has 7 heteroatoms. The summed E-state index contributed by atoms with van der Waals surface area (Å²) in [4.78, 5) is 12.2. The van der Waals surface area contributed by atoms with Crippen LogP contribution in [-0.2, 0) is 19.4 Å². The Morgan fingerprint density at radius 2 is 1.96 bits per heavy atom. The van der Waals surface area contributed by atoms with E-state index >= 15 is 0 Å². The van der Waals surface area contributed by atoms with Crippen molar-refractivity contribution < 1.29 is 14.3 Å². The van der Waals surface area contributed by atoms with E-state index in [2.05, 4.69) is 16.7 Å². The molecular formula is C18H16Cl2N2O3. The molecule has 25 heavy (non-hydrogen) atoms. The van der Waals surface area contributed by atoms with Gasteiger partial charge in [0.25, 0.3) is 0 Å². The molecule has 130 valence electrons. The summed E-state index contributed by atoms with van der Waals surface area (Å²) in [5.41, 5.74) is 3.76. The lowest BCUT2D eigenvalue weighted by Crippen LogP contribution is -2.28. The van der Waals surface area contributed by atoms with Gasteiger partial charge in [-0.3, -0.25) is 0 Å². The van der Waals surface area contributed by atoms with E-state index in [1.807, 2.05) is 0 Å². The van der Waals surface area contributed by atoms with Gasteiger partial charge in [0.2, 0.25) is 0 Å². The predicted octanol–water partition coefficient (Wildman–Crippen LogP) is 4.18. The number of anilines is 1. The van der Waals surface area contributed by atoms with Gasteiger partial charge < -0.3 is 20.1 Å². The van der Waals surface area contributed by atoms with Crippen LogP contribution >= 0.6 is 23.2 Å². The molecule has 2 aliphatic heterocycles. The highest BCUT2D eigenvalue weighted by Gasteiger charge is 2.26. The second-order valence-electron chi connectivity index (χ2n) is 5.95. The number of urea groups is 1. The summed E-state index contributed by atoms with van der Waals surface area (Å²) in [6.45, 7) is 1.70. The quantitative estimate of drug-likeness (QED) is 0.841. The molecule has 2 aromatic carbocycles. The van der Waals surface area contributed by atoms with E-state index in [9.17, 15) is 4.79 Å². The molecule has 0 unspecified atom stereocenters. The summed E-state index contributed by atoms with van der Waals surface area (Å²) in [6, 6.07) is 6.64. The zero-order valence-electron chi connectivity index (χ0n) is 13.3. The van der Waals surface area contributed by atoms with Gasteiger partial charge in [0.05, 0.1) is 23.9 Å². The minimum atomic E-state index is -0.340. The monoisotopic (exact) mass is 378 g/mol. The Bertz CT molecular complexity index is 822. The van der Waals surface area contributed by atoms with Crippen molar-refractivity contribution in [2.45, 2.75) is 19.4 Å². The Kier molecular flexibility index (Phi) is 4.36. The lowest BCUT2D eigenvalue weighted by molar-refractivity contribution is 0.251. The number of ether oxygens (including phenoxy) is 2. The topological polar surface area (TPSA) is 59.6 Å². The van der Waals surface area contributed by atoms with Crippen molar-refractivity contribution in [1.82, 2.24) is 5.32 Å². The maximum Gasteiger partial charge on any atom is 0.319 e. The second kappa shape index (κ2) is 6.65. The first-order chi connectivity index (χ1) is 12.1. The second-order valence-corrected chi connectivity index (χ2v) is 6.79. The number of benzene rings is 2. The van der Waals surface area contributed by atoms with E-state index in [0.29, 0.717) is 35.5 Å². The Balaban J connectivity index is 1.49. The van der Waals surface area contributed by atoms with Crippen LogP contribution in [0.15, 0.2) is 24.3 Å². The number of hydrogen-bond acceptors (Lipinski definition) is 3. The van der Waals surface area contributed by atoms with E-state index in [1.165, 1.54) is 0 Å². The van der Waals surface area contributed by atoms with Crippen molar-refractivity contribution in [3.63, 3.8) is 0 Å². The molecule has 2 amide bonds. The van der Waals surface area contributed by atoms with E-state index < -0.39 is 0 Å². The van der Waals surface area contributed by atoms with Crippen molar-refractivity contribution in [1.29, 1.82) is 0 Å². The average molecular weight is 379 g/mol. The number of amides is 2. The summed E-state index contributed by atoms with van der Waals surface area (Å²) < 4.78 is 11.5. The molecule has 0 radical (unpaired) electrons. The van der Waals surface area contributed by atoms with Gasteiger partial charge in [-0.05, 0) is 24.3 Å². The first-order valence-electron chi connectivity index (χ1n) is 8.05. The van der Waals surface area contributed by atoms with E-state index in [4.69, 9.17) is 32.7 Å². The Labute approximate surface area is 155 Å². The SMILES string of the molecule is O=C(NCc1c2c(cc3c1OCC3)OCC2)Nc1ccc(Cl)cc1Cl. The van der Waals surface area contributed by atoms with Gasteiger partial charge in [-0.2, -0.15) is 0 Å². The first kappa shape index (κ1) is 16.4. The number of carbonyl (C=O) groups is 1. The van der Waals surface area contributed by atoms with Crippen molar-refractivity contribution >= 4 is 34.9 Å². The smallest absolute Gasteiger partial charge is 0.319 e.